The zero-order valence-electron chi connectivity index (χ0n) is 6.86. The molecule has 3 heteroatoms. The van der Waals surface area contributed by atoms with Crippen LogP contribution in [-0.4, -0.2) is 16.0 Å². The van der Waals surface area contributed by atoms with Crippen molar-refractivity contribution in [3.05, 3.63) is 29.8 Å². The summed E-state index contributed by atoms with van der Waals surface area (Å²) in [5, 5.41) is 20.8. The molecule has 1 rings (SSSR count). The van der Waals surface area contributed by atoms with E-state index < -0.39 is 0 Å². The summed E-state index contributed by atoms with van der Waals surface area (Å²) in [4.78, 5) is 0. The van der Waals surface area contributed by atoms with Crippen molar-refractivity contribution in [1.29, 1.82) is 0 Å². The van der Waals surface area contributed by atoms with Crippen molar-refractivity contribution >= 4 is 5.71 Å². The molecule has 64 valence electrons. The van der Waals surface area contributed by atoms with Crippen LogP contribution in [0.1, 0.15) is 18.9 Å². The first-order valence-corrected chi connectivity index (χ1v) is 3.78. The maximum atomic E-state index is 9.12. The molecule has 12 heavy (non-hydrogen) atoms. The molecule has 1 aromatic rings. The molecule has 0 aliphatic carbocycles. The lowest BCUT2D eigenvalue weighted by atomic mass is 10.1. The molecular formula is C9H11NO2. The minimum absolute atomic E-state index is 0.183. The Kier molecular flexibility index (Phi) is 2.69. The quantitative estimate of drug-likeness (QED) is 0.400. The first-order chi connectivity index (χ1) is 5.77. The Morgan fingerprint density at radius 1 is 1.50 bits per heavy atom. The molecule has 1 aromatic carbocycles. The van der Waals surface area contributed by atoms with Crippen LogP contribution in [0.25, 0.3) is 0 Å². The third-order valence-corrected chi connectivity index (χ3v) is 1.63. The lowest BCUT2D eigenvalue weighted by molar-refractivity contribution is 0.318. The second-order valence-electron chi connectivity index (χ2n) is 2.45. The van der Waals surface area contributed by atoms with Crippen molar-refractivity contribution in [1.82, 2.24) is 0 Å². The molecule has 3 nitrogen and oxygen atoms in total. The van der Waals surface area contributed by atoms with Crippen LogP contribution in [0.2, 0.25) is 0 Å². The number of hydrogen-bond donors (Lipinski definition) is 2. The van der Waals surface area contributed by atoms with E-state index in [1.807, 2.05) is 6.92 Å². The summed E-state index contributed by atoms with van der Waals surface area (Å²) in [5.41, 5.74) is 1.32. The van der Waals surface area contributed by atoms with Gasteiger partial charge in [0.25, 0.3) is 0 Å². The van der Waals surface area contributed by atoms with Gasteiger partial charge in [0.2, 0.25) is 0 Å². The molecule has 0 heterocycles. The minimum Gasteiger partial charge on any atom is -0.508 e. The molecule has 0 aliphatic heterocycles. The van der Waals surface area contributed by atoms with Crippen LogP contribution in [-0.2, 0) is 0 Å². The van der Waals surface area contributed by atoms with E-state index in [9.17, 15) is 0 Å². The fourth-order valence-corrected chi connectivity index (χ4v) is 1.02. The van der Waals surface area contributed by atoms with E-state index in [-0.39, 0.29) is 5.75 Å². The van der Waals surface area contributed by atoms with Gasteiger partial charge in [0, 0.05) is 5.56 Å². The Morgan fingerprint density at radius 2 is 2.25 bits per heavy atom. The molecular weight excluding hydrogens is 154 g/mol. The topological polar surface area (TPSA) is 52.8 Å². The summed E-state index contributed by atoms with van der Waals surface area (Å²) in [6.45, 7) is 1.89. The van der Waals surface area contributed by atoms with Crippen LogP contribution in [0.15, 0.2) is 29.4 Å². The standard InChI is InChI=1S/C9H11NO2/c1-2-9(10-12)7-4-3-5-8(11)6-7/h3-6,11-12H,2H2,1H3/b10-9+. The highest BCUT2D eigenvalue weighted by Gasteiger charge is 2.01. The maximum absolute atomic E-state index is 9.12. The molecule has 0 saturated heterocycles. The summed E-state index contributed by atoms with van der Waals surface area (Å²) < 4.78 is 0. The molecule has 0 fully saturated rings. The third kappa shape index (κ3) is 1.75. The summed E-state index contributed by atoms with van der Waals surface area (Å²) >= 11 is 0. The molecule has 0 unspecified atom stereocenters. The number of oxime groups is 1. The molecule has 0 amide bonds. The van der Waals surface area contributed by atoms with Gasteiger partial charge in [-0.25, -0.2) is 0 Å². The van der Waals surface area contributed by atoms with E-state index in [0.29, 0.717) is 12.1 Å². The number of benzene rings is 1. The van der Waals surface area contributed by atoms with Crippen molar-refractivity contribution in [2.75, 3.05) is 0 Å². The number of rotatable bonds is 2. The maximum Gasteiger partial charge on any atom is 0.116 e. The fraction of sp³-hybridized carbons (Fsp3) is 0.222. The van der Waals surface area contributed by atoms with Gasteiger partial charge in [-0.3, -0.25) is 0 Å². The number of phenolic OH excluding ortho intramolecular Hbond substituents is 1. The smallest absolute Gasteiger partial charge is 0.116 e. The summed E-state index contributed by atoms with van der Waals surface area (Å²) in [7, 11) is 0. The van der Waals surface area contributed by atoms with E-state index in [4.69, 9.17) is 10.3 Å². The van der Waals surface area contributed by atoms with Crippen LogP contribution in [0, 0.1) is 0 Å². The zero-order chi connectivity index (χ0) is 8.97. The van der Waals surface area contributed by atoms with E-state index >= 15 is 0 Å². The van der Waals surface area contributed by atoms with E-state index in [0.717, 1.165) is 5.56 Å². The van der Waals surface area contributed by atoms with Gasteiger partial charge in [-0.1, -0.05) is 24.2 Å². The summed E-state index contributed by atoms with van der Waals surface area (Å²) in [5.74, 6) is 0.183. The van der Waals surface area contributed by atoms with Gasteiger partial charge in [-0.15, -0.1) is 0 Å². The van der Waals surface area contributed by atoms with Crippen molar-refractivity contribution in [2.24, 2.45) is 5.16 Å². The average molecular weight is 165 g/mol. The largest absolute Gasteiger partial charge is 0.508 e. The Morgan fingerprint density at radius 3 is 2.75 bits per heavy atom. The van der Waals surface area contributed by atoms with E-state index in [2.05, 4.69) is 5.16 Å². The Balaban J connectivity index is 3.02. The lowest BCUT2D eigenvalue weighted by Gasteiger charge is -2.00. The van der Waals surface area contributed by atoms with Gasteiger partial charge in [-0.05, 0) is 18.6 Å². The lowest BCUT2D eigenvalue weighted by Crippen LogP contribution is -1.97. The number of aromatic hydroxyl groups is 1. The van der Waals surface area contributed by atoms with Gasteiger partial charge < -0.3 is 10.3 Å². The second kappa shape index (κ2) is 3.76. The minimum atomic E-state index is 0.183. The predicted molar refractivity (Wildman–Crippen MR) is 46.7 cm³/mol. The van der Waals surface area contributed by atoms with Gasteiger partial charge in [0.05, 0.1) is 5.71 Å². The average Bonchev–Trinajstić information content (AvgIpc) is 2.07. The van der Waals surface area contributed by atoms with Crippen LogP contribution in [0.5, 0.6) is 5.75 Å². The number of nitrogens with zero attached hydrogens (tertiary/aromatic N) is 1. The SMILES string of the molecule is CC/C(=N\O)c1cccc(O)c1. The van der Waals surface area contributed by atoms with E-state index in [1.165, 1.54) is 0 Å². The van der Waals surface area contributed by atoms with Gasteiger partial charge in [-0.2, -0.15) is 0 Å². The molecule has 0 atom stereocenters. The highest BCUT2D eigenvalue weighted by Crippen LogP contribution is 2.12. The van der Waals surface area contributed by atoms with Crippen LogP contribution >= 0.6 is 0 Å². The predicted octanol–water partition coefficient (Wildman–Crippen LogP) is 1.98. The Hall–Kier alpha value is -1.51. The summed E-state index contributed by atoms with van der Waals surface area (Å²) in [6, 6.07) is 6.65. The monoisotopic (exact) mass is 165 g/mol. The van der Waals surface area contributed by atoms with Crippen molar-refractivity contribution < 1.29 is 10.3 Å². The molecule has 0 aliphatic rings. The molecule has 0 saturated carbocycles. The molecule has 2 N–H and O–H groups in total. The normalized spacial score (nSPS) is 11.6. The molecule has 0 spiro atoms. The molecule has 0 radical (unpaired) electrons. The van der Waals surface area contributed by atoms with Crippen molar-refractivity contribution in [3.63, 3.8) is 0 Å². The van der Waals surface area contributed by atoms with E-state index in [1.54, 1.807) is 24.3 Å². The Bertz CT molecular complexity index is 294. The molecule has 0 bridgehead atoms. The van der Waals surface area contributed by atoms with Crippen molar-refractivity contribution in [2.45, 2.75) is 13.3 Å². The highest BCUT2D eigenvalue weighted by atomic mass is 16.4. The third-order valence-electron chi connectivity index (χ3n) is 1.63. The van der Waals surface area contributed by atoms with Crippen LogP contribution in [0.3, 0.4) is 0 Å². The highest BCUT2D eigenvalue weighted by molar-refractivity contribution is 6.00. The van der Waals surface area contributed by atoms with Crippen LogP contribution in [0.4, 0.5) is 0 Å². The van der Waals surface area contributed by atoms with Crippen molar-refractivity contribution in [3.8, 4) is 5.75 Å². The number of hydrogen-bond acceptors (Lipinski definition) is 3. The van der Waals surface area contributed by atoms with Gasteiger partial charge in [0.1, 0.15) is 5.75 Å². The number of phenols is 1. The first kappa shape index (κ1) is 8.59. The van der Waals surface area contributed by atoms with Crippen LogP contribution < -0.4 is 0 Å². The van der Waals surface area contributed by atoms with Gasteiger partial charge in [0.15, 0.2) is 0 Å². The first-order valence-electron chi connectivity index (χ1n) is 3.78. The Labute approximate surface area is 71.0 Å². The second-order valence-corrected chi connectivity index (χ2v) is 2.45. The fourth-order valence-electron chi connectivity index (χ4n) is 1.02. The zero-order valence-corrected chi connectivity index (χ0v) is 6.86. The summed E-state index contributed by atoms with van der Waals surface area (Å²) in [6.07, 6.45) is 0.639. The van der Waals surface area contributed by atoms with Gasteiger partial charge >= 0.3 is 0 Å². The molecule has 0 aromatic heterocycles.